The molecule has 3 rings (SSSR count). The van der Waals surface area contributed by atoms with Crippen molar-refractivity contribution in [3.8, 4) is 17.0 Å². The quantitative estimate of drug-likeness (QED) is 0.424. The van der Waals surface area contributed by atoms with E-state index in [0.29, 0.717) is 11.4 Å². The lowest BCUT2D eigenvalue weighted by Crippen LogP contribution is -2.17. The molecule has 0 aliphatic carbocycles. The van der Waals surface area contributed by atoms with Gasteiger partial charge in [-0.2, -0.15) is 4.98 Å². The van der Waals surface area contributed by atoms with Gasteiger partial charge in [-0.1, -0.05) is 45.0 Å². The number of halogens is 3. The Labute approximate surface area is 188 Å². The lowest BCUT2D eigenvalue weighted by atomic mass is 9.87. The van der Waals surface area contributed by atoms with E-state index in [1.54, 1.807) is 12.1 Å². The third kappa shape index (κ3) is 7.09. The van der Waals surface area contributed by atoms with Crippen LogP contribution in [0.5, 0.6) is 5.75 Å². The Morgan fingerprint density at radius 3 is 2.33 bits per heavy atom. The molecule has 3 aromatic rings. The van der Waals surface area contributed by atoms with E-state index in [-0.39, 0.29) is 17.1 Å². The number of aliphatic carboxylic acids is 1. The summed E-state index contributed by atoms with van der Waals surface area (Å²) in [6, 6.07) is 14.6. The number of nitrogens with zero attached hydrogens (tertiary/aromatic N) is 2. The van der Waals surface area contributed by atoms with Crippen LogP contribution in [-0.4, -0.2) is 34.0 Å². The van der Waals surface area contributed by atoms with Crippen LogP contribution in [0.25, 0.3) is 11.3 Å². The Morgan fingerprint density at radius 2 is 1.73 bits per heavy atom. The van der Waals surface area contributed by atoms with E-state index in [2.05, 4.69) is 46.1 Å². The second-order valence-corrected chi connectivity index (χ2v) is 8.24. The zero-order valence-electron chi connectivity index (χ0n) is 18.2. The molecule has 174 valence electrons. The van der Waals surface area contributed by atoms with Crippen molar-refractivity contribution < 1.29 is 27.8 Å². The van der Waals surface area contributed by atoms with Crippen molar-refractivity contribution in [3.05, 3.63) is 60.2 Å². The minimum atomic E-state index is -4.83. The second kappa shape index (κ2) is 9.35. The first-order chi connectivity index (χ1) is 15.4. The molecular weight excluding hydrogens is 437 g/mol. The van der Waals surface area contributed by atoms with Gasteiger partial charge in [-0.3, -0.25) is 4.79 Å². The summed E-state index contributed by atoms with van der Waals surface area (Å²) in [5.41, 5.74) is 2.47. The molecule has 0 fully saturated rings. The molecule has 1 aromatic heterocycles. The van der Waals surface area contributed by atoms with Gasteiger partial charge in [-0.15, -0.1) is 13.2 Å². The number of hydrogen-bond acceptors (Lipinski definition) is 6. The summed E-state index contributed by atoms with van der Waals surface area (Å²) in [5, 5.41) is 14.7. The number of alkyl halides is 3. The average Bonchev–Trinajstić information content (AvgIpc) is 2.71. The number of carbonyl (C=O) groups is 1. The zero-order chi connectivity index (χ0) is 24.2. The van der Waals surface area contributed by atoms with Crippen LogP contribution < -0.4 is 15.4 Å². The summed E-state index contributed by atoms with van der Waals surface area (Å²) in [6.45, 7) is 5.87. The first-order valence-electron chi connectivity index (χ1n) is 9.97. The van der Waals surface area contributed by atoms with E-state index in [1.165, 1.54) is 18.2 Å². The fraction of sp³-hybridized carbons (Fsp3) is 0.261. The third-order valence-electron chi connectivity index (χ3n) is 4.51. The Hall–Kier alpha value is -3.82. The van der Waals surface area contributed by atoms with Gasteiger partial charge in [-0.05, 0) is 35.2 Å². The smallest absolute Gasteiger partial charge is 0.480 e. The van der Waals surface area contributed by atoms with Crippen molar-refractivity contribution in [2.24, 2.45) is 0 Å². The molecule has 0 spiro atoms. The molecule has 0 radical (unpaired) electrons. The number of ether oxygens (including phenoxy) is 1. The Kier molecular flexibility index (Phi) is 6.75. The number of carboxylic acids is 1. The van der Waals surface area contributed by atoms with Crippen LogP contribution in [0.2, 0.25) is 0 Å². The molecule has 0 amide bonds. The SMILES string of the molecule is CC(C)(C)c1ccc(Nc2cc(-c3cccc(OC(F)(F)F)c3)nc(NCC(=O)O)n2)cc1. The van der Waals surface area contributed by atoms with Crippen molar-refractivity contribution in [2.45, 2.75) is 32.5 Å². The summed E-state index contributed by atoms with van der Waals surface area (Å²) in [4.78, 5) is 19.4. The number of nitrogens with one attached hydrogen (secondary N) is 2. The summed E-state index contributed by atoms with van der Waals surface area (Å²) in [7, 11) is 0. The largest absolute Gasteiger partial charge is 0.573 e. The van der Waals surface area contributed by atoms with E-state index in [4.69, 9.17) is 5.11 Å². The Bertz CT molecular complexity index is 1130. The maximum atomic E-state index is 12.6. The lowest BCUT2D eigenvalue weighted by molar-refractivity contribution is -0.274. The lowest BCUT2D eigenvalue weighted by Gasteiger charge is -2.19. The van der Waals surface area contributed by atoms with Gasteiger partial charge in [-0.25, -0.2) is 4.98 Å². The fourth-order valence-corrected chi connectivity index (χ4v) is 2.95. The second-order valence-electron chi connectivity index (χ2n) is 8.24. The highest BCUT2D eigenvalue weighted by Crippen LogP contribution is 2.30. The van der Waals surface area contributed by atoms with Crippen LogP contribution in [-0.2, 0) is 10.2 Å². The maximum absolute atomic E-state index is 12.6. The zero-order valence-corrected chi connectivity index (χ0v) is 18.2. The molecule has 0 saturated heterocycles. The topological polar surface area (TPSA) is 96.4 Å². The molecule has 10 heteroatoms. The minimum absolute atomic E-state index is 0.00542. The normalized spacial score (nSPS) is 11.7. The van der Waals surface area contributed by atoms with Crippen molar-refractivity contribution in [3.63, 3.8) is 0 Å². The minimum Gasteiger partial charge on any atom is -0.480 e. The summed E-state index contributed by atoms with van der Waals surface area (Å²) < 4.78 is 41.8. The number of benzene rings is 2. The third-order valence-corrected chi connectivity index (χ3v) is 4.51. The molecule has 1 heterocycles. The highest BCUT2D eigenvalue weighted by Gasteiger charge is 2.31. The van der Waals surface area contributed by atoms with Gasteiger partial charge in [0.15, 0.2) is 0 Å². The number of carboxylic acid groups (broad SMARTS) is 1. The van der Waals surface area contributed by atoms with Gasteiger partial charge in [0.05, 0.1) is 5.69 Å². The van der Waals surface area contributed by atoms with Crippen LogP contribution in [0.1, 0.15) is 26.3 Å². The maximum Gasteiger partial charge on any atom is 0.573 e. The molecule has 0 unspecified atom stereocenters. The molecule has 33 heavy (non-hydrogen) atoms. The molecule has 2 aromatic carbocycles. The van der Waals surface area contributed by atoms with Crippen LogP contribution >= 0.6 is 0 Å². The predicted molar refractivity (Wildman–Crippen MR) is 119 cm³/mol. The molecular formula is C23H23F3N4O3. The molecule has 0 saturated carbocycles. The van der Waals surface area contributed by atoms with E-state index in [1.807, 2.05) is 24.3 Å². The number of aromatic nitrogens is 2. The van der Waals surface area contributed by atoms with E-state index >= 15 is 0 Å². The van der Waals surface area contributed by atoms with E-state index in [0.717, 1.165) is 11.3 Å². The predicted octanol–water partition coefficient (Wildman–Crippen LogP) is 5.58. The van der Waals surface area contributed by atoms with Gasteiger partial charge in [0.2, 0.25) is 5.95 Å². The first kappa shape index (κ1) is 23.8. The average molecular weight is 460 g/mol. The summed E-state index contributed by atoms with van der Waals surface area (Å²) >= 11 is 0. The van der Waals surface area contributed by atoms with Crippen molar-refractivity contribution >= 4 is 23.4 Å². The van der Waals surface area contributed by atoms with E-state index < -0.39 is 24.6 Å². The van der Waals surface area contributed by atoms with Crippen molar-refractivity contribution in [1.29, 1.82) is 0 Å². The molecule has 0 atom stereocenters. The van der Waals surface area contributed by atoms with E-state index in [9.17, 15) is 18.0 Å². The van der Waals surface area contributed by atoms with Gasteiger partial charge < -0.3 is 20.5 Å². The van der Waals surface area contributed by atoms with Crippen LogP contribution in [0.15, 0.2) is 54.6 Å². The van der Waals surface area contributed by atoms with Gasteiger partial charge in [0.1, 0.15) is 18.1 Å². The summed E-state index contributed by atoms with van der Waals surface area (Å²) in [6.07, 6.45) is -4.83. The van der Waals surface area contributed by atoms with Gasteiger partial charge in [0, 0.05) is 17.3 Å². The number of rotatable bonds is 7. The van der Waals surface area contributed by atoms with Gasteiger partial charge >= 0.3 is 12.3 Å². The highest BCUT2D eigenvalue weighted by molar-refractivity contribution is 5.73. The van der Waals surface area contributed by atoms with Crippen molar-refractivity contribution in [2.75, 3.05) is 17.2 Å². The van der Waals surface area contributed by atoms with Crippen LogP contribution in [0, 0.1) is 0 Å². The Balaban J connectivity index is 1.94. The van der Waals surface area contributed by atoms with Crippen molar-refractivity contribution in [1.82, 2.24) is 9.97 Å². The molecule has 0 bridgehead atoms. The summed E-state index contributed by atoms with van der Waals surface area (Å²) in [5.74, 6) is -1.17. The van der Waals surface area contributed by atoms with Crippen LogP contribution in [0.4, 0.5) is 30.6 Å². The first-order valence-corrected chi connectivity index (χ1v) is 9.97. The molecule has 3 N–H and O–H groups in total. The monoisotopic (exact) mass is 460 g/mol. The molecule has 0 aliphatic rings. The standard InChI is InChI=1S/C23H23F3N4O3/c1-22(2,3)15-7-9-16(10-8-15)28-19-12-18(29-21(30-19)27-13-20(31)32)14-5-4-6-17(11-14)33-23(24,25)26/h4-12H,13H2,1-3H3,(H,31,32)(H2,27,28,29,30). The molecule has 0 aliphatic heterocycles. The fourth-order valence-electron chi connectivity index (χ4n) is 2.95. The Morgan fingerprint density at radius 1 is 1.03 bits per heavy atom. The van der Waals surface area contributed by atoms with Gasteiger partial charge in [0.25, 0.3) is 0 Å². The molecule has 7 nitrogen and oxygen atoms in total. The highest BCUT2D eigenvalue weighted by atomic mass is 19.4. The van der Waals surface area contributed by atoms with Crippen LogP contribution in [0.3, 0.4) is 0 Å². The number of hydrogen-bond donors (Lipinski definition) is 3. The number of anilines is 3.